The molecular formula is C16H20N4O2. The van der Waals surface area contributed by atoms with E-state index < -0.39 is 0 Å². The number of nitrogens with two attached hydrogens (primary N) is 1. The minimum Gasteiger partial charge on any atom is -0.497 e. The highest BCUT2D eigenvalue weighted by Gasteiger charge is 2.21. The number of nitrogens with zero attached hydrogens (tertiary/aromatic N) is 2. The number of aromatic nitrogens is 2. The minimum atomic E-state index is 0.295. The van der Waals surface area contributed by atoms with Gasteiger partial charge in [0.05, 0.1) is 13.7 Å². The second-order valence-electron chi connectivity index (χ2n) is 5.41. The van der Waals surface area contributed by atoms with Crippen molar-refractivity contribution in [3.63, 3.8) is 0 Å². The molecule has 1 aliphatic rings. The van der Waals surface area contributed by atoms with Gasteiger partial charge in [-0.05, 0) is 24.5 Å². The van der Waals surface area contributed by atoms with Gasteiger partial charge in [-0.15, -0.1) is 0 Å². The maximum Gasteiger partial charge on any atom is 0.222 e. The third kappa shape index (κ3) is 3.05. The van der Waals surface area contributed by atoms with Crippen molar-refractivity contribution >= 4 is 11.8 Å². The zero-order valence-electron chi connectivity index (χ0n) is 12.8. The molecule has 22 heavy (non-hydrogen) atoms. The van der Waals surface area contributed by atoms with Crippen molar-refractivity contribution in [1.29, 1.82) is 0 Å². The van der Waals surface area contributed by atoms with Gasteiger partial charge >= 0.3 is 0 Å². The van der Waals surface area contributed by atoms with E-state index in [1.54, 1.807) is 7.11 Å². The first-order valence-electron chi connectivity index (χ1n) is 7.29. The molecule has 0 unspecified atom stereocenters. The summed E-state index contributed by atoms with van der Waals surface area (Å²) in [6.45, 7) is 0.666. The molecule has 1 aromatic heterocycles. The average Bonchev–Trinajstić information content (AvgIpc) is 2.53. The third-order valence-electron chi connectivity index (χ3n) is 3.81. The van der Waals surface area contributed by atoms with Crippen LogP contribution in [0.4, 0.5) is 11.8 Å². The Morgan fingerprint density at radius 2 is 2.23 bits per heavy atom. The number of rotatable bonds is 4. The Morgan fingerprint density at radius 3 is 3.00 bits per heavy atom. The SMILES string of the molecule is CNc1cc(C[C@H]2COc3cc(OC)ccc3C2)nc(N)n1. The number of anilines is 2. The molecule has 0 radical (unpaired) electrons. The zero-order valence-corrected chi connectivity index (χ0v) is 12.8. The third-order valence-corrected chi connectivity index (χ3v) is 3.81. The normalized spacial score (nSPS) is 16.5. The Hall–Kier alpha value is -2.50. The monoisotopic (exact) mass is 300 g/mol. The molecule has 0 amide bonds. The molecule has 0 fully saturated rings. The molecule has 3 N–H and O–H groups in total. The molecule has 0 spiro atoms. The van der Waals surface area contributed by atoms with Crippen LogP contribution in [0.5, 0.6) is 11.5 Å². The van der Waals surface area contributed by atoms with Crippen LogP contribution in [0, 0.1) is 5.92 Å². The Labute approximate surface area is 129 Å². The molecule has 0 bridgehead atoms. The number of methoxy groups -OCH3 is 1. The molecule has 116 valence electrons. The van der Waals surface area contributed by atoms with Gasteiger partial charge in [-0.3, -0.25) is 0 Å². The van der Waals surface area contributed by atoms with Gasteiger partial charge in [-0.25, -0.2) is 4.98 Å². The zero-order chi connectivity index (χ0) is 15.5. The van der Waals surface area contributed by atoms with Crippen LogP contribution in [-0.4, -0.2) is 30.7 Å². The second-order valence-corrected chi connectivity index (χ2v) is 5.41. The maximum atomic E-state index is 5.87. The second kappa shape index (κ2) is 6.09. The van der Waals surface area contributed by atoms with Crippen LogP contribution < -0.4 is 20.5 Å². The van der Waals surface area contributed by atoms with Crippen molar-refractivity contribution in [2.75, 3.05) is 31.8 Å². The Morgan fingerprint density at radius 1 is 1.36 bits per heavy atom. The largest absolute Gasteiger partial charge is 0.497 e. The quantitative estimate of drug-likeness (QED) is 0.897. The maximum absolute atomic E-state index is 5.87. The van der Waals surface area contributed by atoms with Crippen LogP contribution in [0.15, 0.2) is 24.3 Å². The topological polar surface area (TPSA) is 82.3 Å². The number of fused-ring (bicyclic) bond motifs is 1. The average molecular weight is 300 g/mol. The number of nitrogen functional groups attached to an aromatic ring is 1. The van der Waals surface area contributed by atoms with E-state index in [1.165, 1.54) is 5.56 Å². The summed E-state index contributed by atoms with van der Waals surface area (Å²) in [4.78, 5) is 8.42. The van der Waals surface area contributed by atoms with Crippen molar-refractivity contribution in [3.05, 3.63) is 35.5 Å². The molecule has 2 aromatic rings. The molecule has 6 nitrogen and oxygen atoms in total. The summed E-state index contributed by atoms with van der Waals surface area (Å²) in [5.74, 6) is 3.14. The number of hydrogen-bond acceptors (Lipinski definition) is 6. The summed E-state index contributed by atoms with van der Waals surface area (Å²) in [5, 5.41) is 3.00. The van der Waals surface area contributed by atoms with E-state index in [-0.39, 0.29) is 0 Å². The van der Waals surface area contributed by atoms with E-state index in [4.69, 9.17) is 15.2 Å². The molecule has 6 heteroatoms. The lowest BCUT2D eigenvalue weighted by Crippen LogP contribution is -2.23. The molecule has 0 aliphatic carbocycles. The highest BCUT2D eigenvalue weighted by Crippen LogP contribution is 2.32. The van der Waals surface area contributed by atoms with E-state index in [0.717, 1.165) is 35.9 Å². The van der Waals surface area contributed by atoms with Gasteiger partial charge in [-0.1, -0.05) is 6.07 Å². The lowest BCUT2D eigenvalue weighted by molar-refractivity contribution is 0.219. The van der Waals surface area contributed by atoms with Gasteiger partial charge in [-0.2, -0.15) is 4.98 Å². The van der Waals surface area contributed by atoms with E-state index in [9.17, 15) is 0 Å². The fourth-order valence-electron chi connectivity index (χ4n) is 2.72. The Bertz CT molecular complexity index is 675. The minimum absolute atomic E-state index is 0.295. The van der Waals surface area contributed by atoms with Crippen molar-refractivity contribution in [2.24, 2.45) is 5.92 Å². The van der Waals surface area contributed by atoms with E-state index in [2.05, 4.69) is 21.4 Å². The van der Waals surface area contributed by atoms with Crippen molar-refractivity contribution < 1.29 is 9.47 Å². The predicted molar refractivity (Wildman–Crippen MR) is 85.4 cm³/mol. The molecule has 1 aliphatic heterocycles. The van der Waals surface area contributed by atoms with Crippen LogP contribution in [0.25, 0.3) is 0 Å². The number of benzene rings is 1. The number of ether oxygens (including phenoxy) is 2. The van der Waals surface area contributed by atoms with Crippen LogP contribution in [-0.2, 0) is 12.8 Å². The predicted octanol–water partition coefficient (Wildman–Crippen LogP) is 1.90. The van der Waals surface area contributed by atoms with Gasteiger partial charge in [0.15, 0.2) is 0 Å². The van der Waals surface area contributed by atoms with Crippen molar-refractivity contribution in [2.45, 2.75) is 12.8 Å². The van der Waals surface area contributed by atoms with Gasteiger partial charge in [0.25, 0.3) is 0 Å². The molecule has 1 atom stereocenters. The Kier molecular flexibility index (Phi) is 4.00. The molecule has 1 aromatic carbocycles. The molecule has 2 heterocycles. The Balaban J connectivity index is 1.74. The smallest absolute Gasteiger partial charge is 0.222 e. The number of nitrogens with one attached hydrogen (secondary N) is 1. The van der Waals surface area contributed by atoms with Crippen LogP contribution in [0.3, 0.4) is 0 Å². The van der Waals surface area contributed by atoms with Gasteiger partial charge < -0.3 is 20.5 Å². The molecule has 0 saturated carbocycles. The number of hydrogen-bond donors (Lipinski definition) is 2. The lowest BCUT2D eigenvalue weighted by Gasteiger charge is -2.25. The molecule has 0 saturated heterocycles. The highest BCUT2D eigenvalue weighted by atomic mass is 16.5. The van der Waals surface area contributed by atoms with Crippen LogP contribution in [0.2, 0.25) is 0 Å². The first-order chi connectivity index (χ1) is 10.7. The van der Waals surface area contributed by atoms with Gasteiger partial charge in [0.2, 0.25) is 5.95 Å². The van der Waals surface area contributed by atoms with Crippen molar-refractivity contribution in [3.8, 4) is 11.5 Å². The fraction of sp³-hybridized carbons (Fsp3) is 0.375. The van der Waals surface area contributed by atoms with Crippen molar-refractivity contribution in [1.82, 2.24) is 9.97 Å². The molecular weight excluding hydrogens is 280 g/mol. The summed E-state index contributed by atoms with van der Waals surface area (Å²) in [6, 6.07) is 7.90. The summed E-state index contributed by atoms with van der Waals surface area (Å²) in [7, 11) is 3.48. The van der Waals surface area contributed by atoms with Crippen LogP contribution >= 0.6 is 0 Å². The lowest BCUT2D eigenvalue weighted by atomic mass is 9.92. The fourth-order valence-corrected chi connectivity index (χ4v) is 2.72. The highest BCUT2D eigenvalue weighted by molar-refractivity contribution is 5.43. The first kappa shape index (κ1) is 14.4. The summed E-state index contributed by atoms with van der Waals surface area (Å²) in [6.07, 6.45) is 1.77. The summed E-state index contributed by atoms with van der Waals surface area (Å²) < 4.78 is 11.1. The van der Waals surface area contributed by atoms with E-state index in [0.29, 0.717) is 18.5 Å². The standard InChI is InChI=1S/C16H20N4O2/c1-18-15-7-12(19-16(17)20-15)6-10-5-11-3-4-13(21-2)8-14(11)22-9-10/h3-4,7-8,10H,5-6,9H2,1-2H3,(H3,17,18,19,20)/t10-/m0/s1. The van der Waals surface area contributed by atoms with E-state index >= 15 is 0 Å². The first-order valence-corrected chi connectivity index (χ1v) is 7.29. The van der Waals surface area contributed by atoms with Gasteiger partial charge in [0, 0.05) is 30.8 Å². The summed E-state index contributed by atoms with van der Waals surface area (Å²) >= 11 is 0. The van der Waals surface area contributed by atoms with Gasteiger partial charge in [0.1, 0.15) is 17.3 Å². The summed E-state index contributed by atoms with van der Waals surface area (Å²) in [5.41, 5.74) is 7.88. The van der Waals surface area contributed by atoms with E-state index in [1.807, 2.05) is 25.2 Å². The molecule has 3 rings (SSSR count). The van der Waals surface area contributed by atoms with Crippen LogP contribution in [0.1, 0.15) is 11.3 Å².